The monoisotopic (exact) mass is 340 g/mol. The molecule has 130 valence electrons. The van der Waals surface area contributed by atoms with Crippen LogP contribution in [-0.4, -0.2) is 18.5 Å². The van der Waals surface area contributed by atoms with Gasteiger partial charge >= 0.3 is 11.9 Å². The maximum Gasteiger partial charge on any atom is 0.417 e. The third kappa shape index (κ3) is 5.80. The minimum Gasteiger partial charge on any atom is -0.489 e. The summed E-state index contributed by atoms with van der Waals surface area (Å²) in [6, 6.07) is 15.0. The number of hydrogen-bond donors (Lipinski definition) is 0. The zero-order chi connectivity index (χ0) is 18.1. The van der Waals surface area contributed by atoms with Crippen LogP contribution in [0.15, 0.2) is 55.1 Å². The van der Waals surface area contributed by atoms with E-state index in [2.05, 4.69) is 11.3 Å². The molecule has 25 heavy (non-hydrogen) atoms. The number of carbonyl (C=O) groups is 2. The fourth-order valence-corrected chi connectivity index (χ4v) is 2.00. The second kappa shape index (κ2) is 9.27. The molecule has 0 spiro atoms. The lowest BCUT2D eigenvalue weighted by Gasteiger charge is -2.08. The van der Waals surface area contributed by atoms with Crippen LogP contribution in [0.4, 0.5) is 0 Å². The van der Waals surface area contributed by atoms with Crippen LogP contribution in [0.2, 0.25) is 0 Å². The second-order valence-corrected chi connectivity index (χ2v) is 5.17. The van der Waals surface area contributed by atoms with Crippen molar-refractivity contribution in [3.05, 3.63) is 71.8 Å². The van der Waals surface area contributed by atoms with E-state index in [4.69, 9.17) is 9.47 Å². The highest BCUT2D eigenvalue weighted by Gasteiger charge is 2.16. The summed E-state index contributed by atoms with van der Waals surface area (Å²) in [5.41, 5.74) is 2.86. The SMILES string of the molecule is C=Cc1ccc(COc2ccc(COC(=O)C(=O)OCC)cc2)cc1. The number of ether oxygens (including phenoxy) is 3. The van der Waals surface area contributed by atoms with Crippen molar-refractivity contribution < 1.29 is 23.8 Å². The normalized spacial score (nSPS) is 9.96. The van der Waals surface area contributed by atoms with E-state index >= 15 is 0 Å². The van der Waals surface area contributed by atoms with Crippen molar-refractivity contribution in [2.45, 2.75) is 20.1 Å². The first-order chi connectivity index (χ1) is 12.1. The summed E-state index contributed by atoms with van der Waals surface area (Å²) in [5.74, 6) is -1.27. The third-order valence-electron chi connectivity index (χ3n) is 3.36. The topological polar surface area (TPSA) is 61.8 Å². The van der Waals surface area contributed by atoms with Crippen molar-refractivity contribution in [3.8, 4) is 5.75 Å². The molecular formula is C20H20O5. The zero-order valence-corrected chi connectivity index (χ0v) is 14.1. The van der Waals surface area contributed by atoms with Crippen LogP contribution in [0.25, 0.3) is 6.08 Å². The van der Waals surface area contributed by atoms with Crippen molar-refractivity contribution in [1.82, 2.24) is 0 Å². The van der Waals surface area contributed by atoms with E-state index in [-0.39, 0.29) is 13.2 Å². The summed E-state index contributed by atoms with van der Waals surface area (Å²) in [7, 11) is 0. The quantitative estimate of drug-likeness (QED) is 0.570. The fourth-order valence-electron chi connectivity index (χ4n) is 2.00. The van der Waals surface area contributed by atoms with E-state index in [0.717, 1.165) is 16.7 Å². The van der Waals surface area contributed by atoms with Gasteiger partial charge in [0.25, 0.3) is 0 Å². The molecule has 0 radical (unpaired) electrons. The summed E-state index contributed by atoms with van der Waals surface area (Å²) in [4.78, 5) is 22.5. The van der Waals surface area contributed by atoms with Crippen molar-refractivity contribution in [3.63, 3.8) is 0 Å². The predicted octanol–water partition coefficient (Wildman–Crippen LogP) is 3.51. The predicted molar refractivity (Wildman–Crippen MR) is 93.7 cm³/mol. The van der Waals surface area contributed by atoms with Crippen LogP contribution in [0.1, 0.15) is 23.6 Å². The molecule has 0 heterocycles. The minimum absolute atomic E-state index is 0.000936. The van der Waals surface area contributed by atoms with Gasteiger partial charge in [-0.1, -0.05) is 49.1 Å². The summed E-state index contributed by atoms with van der Waals surface area (Å²) in [6.45, 7) is 5.93. The number of esters is 2. The minimum atomic E-state index is -0.995. The van der Waals surface area contributed by atoms with E-state index < -0.39 is 11.9 Å². The van der Waals surface area contributed by atoms with Crippen molar-refractivity contribution in [1.29, 1.82) is 0 Å². The highest BCUT2D eigenvalue weighted by molar-refractivity contribution is 6.29. The maximum absolute atomic E-state index is 11.4. The van der Waals surface area contributed by atoms with E-state index in [9.17, 15) is 9.59 Å². The largest absolute Gasteiger partial charge is 0.489 e. The van der Waals surface area contributed by atoms with Crippen LogP contribution in [0, 0.1) is 0 Å². The molecular weight excluding hydrogens is 320 g/mol. The van der Waals surface area contributed by atoms with Gasteiger partial charge in [-0.15, -0.1) is 0 Å². The molecule has 0 amide bonds. The molecule has 0 saturated carbocycles. The van der Waals surface area contributed by atoms with Gasteiger partial charge in [-0.2, -0.15) is 0 Å². The molecule has 0 aliphatic carbocycles. The zero-order valence-electron chi connectivity index (χ0n) is 14.1. The van der Waals surface area contributed by atoms with Crippen LogP contribution >= 0.6 is 0 Å². The fraction of sp³-hybridized carbons (Fsp3) is 0.200. The van der Waals surface area contributed by atoms with Crippen LogP contribution in [-0.2, 0) is 32.3 Å². The van der Waals surface area contributed by atoms with Gasteiger partial charge < -0.3 is 14.2 Å². The Morgan fingerprint density at radius 3 is 2.04 bits per heavy atom. The molecule has 2 aromatic carbocycles. The number of hydrogen-bond acceptors (Lipinski definition) is 5. The van der Waals surface area contributed by atoms with E-state index in [1.165, 1.54) is 0 Å². The molecule has 0 unspecified atom stereocenters. The summed E-state index contributed by atoms with van der Waals surface area (Å²) < 4.78 is 15.1. The molecule has 0 atom stereocenters. The molecule has 0 fully saturated rings. The average Bonchev–Trinajstić information content (AvgIpc) is 2.65. The van der Waals surface area contributed by atoms with E-state index in [0.29, 0.717) is 12.4 Å². The number of carbonyl (C=O) groups excluding carboxylic acids is 2. The molecule has 0 aliphatic rings. The average molecular weight is 340 g/mol. The molecule has 5 nitrogen and oxygen atoms in total. The Balaban J connectivity index is 1.81. The Labute approximate surface area is 146 Å². The van der Waals surface area contributed by atoms with Crippen LogP contribution in [0.5, 0.6) is 5.75 Å². The van der Waals surface area contributed by atoms with Gasteiger partial charge in [0, 0.05) is 0 Å². The lowest BCUT2D eigenvalue weighted by molar-refractivity contribution is -0.168. The molecule has 0 aliphatic heterocycles. The molecule has 5 heteroatoms. The smallest absolute Gasteiger partial charge is 0.417 e. The molecule has 0 bridgehead atoms. The van der Waals surface area contributed by atoms with Crippen molar-refractivity contribution in [2.75, 3.05) is 6.61 Å². The highest BCUT2D eigenvalue weighted by atomic mass is 16.6. The Hall–Kier alpha value is -3.08. The van der Waals surface area contributed by atoms with Crippen LogP contribution < -0.4 is 4.74 Å². The van der Waals surface area contributed by atoms with Gasteiger partial charge in [-0.05, 0) is 35.7 Å². The first kappa shape index (κ1) is 18.3. The van der Waals surface area contributed by atoms with E-state index in [1.807, 2.05) is 24.3 Å². The van der Waals surface area contributed by atoms with Gasteiger partial charge in [0.05, 0.1) is 6.61 Å². The van der Waals surface area contributed by atoms with Gasteiger partial charge in [0.2, 0.25) is 0 Å². The van der Waals surface area contributed by atoms with E-state index in [1.54, 1.807) is 37.3 Å². The Kier molecular flexibility index (Phi) is 6.77. The van der Waals surface area contributed by atoms with Gasteiger partial charge in [0.1, 0.15) is 19.0 Å². The summed E-state index contributed by atoms with van der Waals surface area (Å²) >= 11 is 0. The highest BCUT2D eigenvalue weighted by Crippen LogP contribution is 2.15. The Bertz CT molecular complexity index is 717. The summed E-state index contributed by atoms with van der Waals surface area (Å²) in [6.07, 6.45) is 1.79. The molecule has 0 aromatic heterocycles. The van der Waals surface area contributed by atoms with Crippen molar-refractivity contribution in [2.24, 2.45) is 0 Å². The second-order valence-electron chi connectivity index (χ2n) is 5.17. The molecule has 2 rings (SSSR count). The maximum atomic E-state index is 11.4. The van der Waals surface area contributed by atoms with Crippen molar-refractivity contribution >= 4 is 18.0 Å². The van der Waals surface area contributed by atoms with Crippen LogP contribution in [0.3, 0.4) is 0 Å². The first-order valence-corrected chi connectivity index (χ1v) is 7.89. The van der Waals surface area contributed by atoms with Gasteiger partial charge in [0.15, 0.2) is 0 Å². The molecule has 0 N–H and O–H groups in total. The first-order valence-electron chi connectivity index (χ1n) is 7.89. The summed E-state index contributed by atoms with van der Waals surface area (Å²) in [5, 5.41) is 0. The standard InChI is InChI=1S/C20H20O5/c1-3-15-5-7-16(8-6-15)13-24-18-11-9-17(10-12-18)14-25-20(22)19(21)23-4-2/h3,5-12H,1,4,13-14H2,2H3. The van der Waals surface area contributed by atoms with Gasteiger partial charge in [-0.25, -0.2) is 9.59 Å². The Morgan fingerprint density at radius 1 is 0.880 bits per heavy atom. The lowest BCUT2D eigenvalue weighted by atomic mass is 10.1. The molecule has 2 aromatic rings. The number of rotatable bonds is 7. The Morgan fingerprint density at radius 2 is 1.44 bits per heavy atom. The number of benzene rings is 2. The molecule has 0 saturated heterocycles. The van der Waals surface area contributed by atoms with Gasteiger partial charge in [-0.3, -0.25) is 0 Å². The lowest BCUT2D eigenvalue weighted by Crippen LogP contribution is -2.20. The third-order valence-corrected chi connectivity index (χ3v) is 3.36.